The number of aryl methyl sites for hydroxylation is 2. The average Bonchev–Trinajstić information content (AvgIpc) is 2.58. The number of anilines is 2. The van der Waals surface area contributed by atoms with Crippen LogP contribution < -0.4 is 10.6 Å². The summed E-state index contributed by atoms with van der Waals surface area (Å²) in [6, 6.07) is 9.80. The van der Waals surface area contributed by atoms with E-state index in [0.717, 1.165) is 18.5 Å². The molecule has 0 aliphatic heterocycles. The molecule has 2 rings (SSSR count). The minimum absolute atomic E-state index is 0.207. The first kappa shape index (κ1) is 17.9. The zero-order chi connectivity index (χ0) is 17.4. The number of ether oxygens (including phenoxy) is 1. The molecule has 2 aromatic rings. The normalized spacial score (nSPS) is 10.5. The van der Waals surface area contributed by atoms with E-state index in [1.807, 2.05) is 12.1 Å². The van der Waals surface area contributed by atoms with Gasteiger partial charge < -0.3 is 15.4 Å². The smallest absolute Gasteiger partial charge is 0.270 e. The van der Waals surface area contributed by atoms with E-state index >= 15 is 0 Å². The third kappa shape index (κ3) is 5.31. The maximum absolute atomic E-state index is 12.2. The molecule has 0 fully saturated rings. The van der Waals surface area contributed by atoms with Crippen molar-refractivity contribution in [3.05, 3.63) is 47.4 Å². The zero-order valence-corrected chi connectivity index (χ0v) is 14.4. The van der Waals surface area contributed by atoms with Gasteiger partial charge in [-0.3, -0.25) is 4.79 Å². The molecule has 0 saturated carbocycles. The van der Waals surface area contributed by atoms with Crippen molar-refractivity contribution in [2.45, 2.75) is 26.7 Å². The lowest BCUT2D eigenvalue weighted by Gasteiger charge is -2.09. The first-order chi connectivity index (χ1) is 11.6. The summed E-state index contributed by atoms with van der Waals surface area (Å²) in [6.07, 6.45) is 1.77. The Kier molecular flexibility index (Phi) is 6.69. The number of methoxy groups -OCH3 is 1. The molecule has 0 aliphatic rings. The fourth-order valence-electron chi connectivity index (χ4n) is 2.23. The Bertz CT molecular complexity index is 671. The molecule has 0 radical (unpaired) electrons. The van der Waals surface area contributed by atoms with Gasteiger partial charge in [-0.2, -0.15) is 0 Å². The van der Waals surface area contributed by atoms with E-state index in [2.05, 4.69) is 39.7 Å². The van der Waals surface area contributed by atoms with Crippen molar-refractivity contribution < 1.29 is 9.53 Å². The number of nitrogens with one attached hydrogen (secondary N) is 2. The van der Waals surface area contributed by atoms with Crippen LogP contribution in [-0.2, 0) is 11.2 Å². The largest absolute Gasteiger partial charge is 0.385 e. The standard InChI is InChI=1S/C18H24N4O2/c1-4-14-6-8-15(9-7-14)22-17-12-16(20-13(2)21-17)18(23)19-10-5-11-24-3/h6-9,12H,4-5,10-11H2,1-3H3,(H,19,23)(H,20,21,22). The minimum atomic E-state index is -0.207. The number of carbonyl (C=O) groups excluding carboxylic acids is 1. The van der Waals surface area contributed by atoms with Gasteiger partial charge in [0.15, 0.2) is 0 Å². The summed E-state index contributed by atoms with van der Waals surface area (Å²) in [5.41, 5.74) is 2.56. The first-order valence-electron chi connectivity index (χ1n) is 8.11. The van der Waals surface area contributed by atoms with Crippen molar-refractivity contribution in [1.29, 1.82) is 0 Å². The molecule has 0 saturated heterocycles. The van der Waals surface area contributed by atoms with Gasteiger partial charge in [-0.1, -0.05) is 19.1 Å². The minimum Gasteiger partial charge on any atom is -0.385 e. The predicted molar refractivity (Wildman–Crippen MR) is 94.7 cm³/mol. The fraction of sp³-hybridized carbons (Fsp3) is 0.389. The van der Waals surface area contributed by atoms with Crippen molar-refractivity contribution in [2.24, 2.45) is 0 Å². The molecule has 24 heavy (non-hydrogen) atoms. The van der Waals surface area contributed by atoms with E-state index in [4.69, 9.17) is 4.74 Å². The van der Waals surface area contributed by atoms with E-state index in [9.17, 15) is 4.79 Å². The lowest BCUT2D eigenvalue weighted by atomic mass is 10.1. The van der Waals surface area contributed by atoms with E-state index in [1.165, 1.54) is 5.56 Å². The van der Waals surface area contributed by atoms with Crippen LogP contribution in [0.1, 0.15) is 35.2 Å². The molecule has 1 heterocycles. The van der Waals surface area contributed by atoms with Gasteiger partial charge in [0.25, 0.3) is 5.91 Å². The summed E-state index contributed by atoms with van der Waals surface area (Å²) in [4.78, 5) is 20.7. The van der Waals surface area contributed by atoms with Gasteiger partial charge in [-0.25, -0.2) is 9.97 Å². The summed E-state index contributed by atoms with van der Waals surface area (Å²) < 4.78 is 4.96. The Morgan fingerprint density at radius 2 is 1.96 bits per heavy atom. The lowest BCUT2D eigenvalue weighted by molar-refractivity contribution is 0.0943. The van der Waals surface area contributed by atoms with E-state index < -0.39 is 0 Å². The van der Waals surface area contributed by atoms with Crippen LogP contribution in [0.4, 0.5) is 11.5 Å². The Morgan fingerprint density at radius 1 is 1.21 bits per heavy atom. The van der Waals surface area contributed by atoms with Crippen molar-refractivity contribution in [3.63, 3.8) is 0 Å². The van der Waals surface area contributed by atoms with Crippen LogP contribution >= 0.6 is 0 Å². The SMILES string of the molecule is CCc1ccc(Nc2cc(C(=O)NCCCOC)nc(C)n2)cc1. The number of amides is 1. The number of hydrogen-bond acceptors (Lipinski definition) is 5. The van der Waals surface area contributed by atoms with Crippen LogP contribution in [0.5, 0.6) is 0 Å². The Morgan fingerprint density at radius 3 is 2.62 bits per heavy atom. The molecule has 0 aliphatic carbocycles. The Balaban J connectivity index is 2.05. The van der Waals surface area contributed by atoms with Crippen LogP contribution in [0.25, 0.3) is 0 Å². The fourth-order valence-corrected chi connectivity index (χ4v) is 2.23. The van der Waals surface area contributed by atoms with Crippen LogP contribution in [0.2, 0.25) is 0 Å². The van der Waals surface area contributed by atoms with E-state index in [-0.39, 0.29) is 5.91 Å². The molecule has 6 nitrogen and oxygen atoms in total. The number of aromatic nitrogens is 2. The third-order valence-corrected chi connectivity index (χ3v) is 3.52. The quantitative estimate of drug-likeness (QED) is 0.729. The average molecular weight is 328 g/mol. The van der Waals surface area contributed by atoms with Crippen molar-refractivity contribution in [3.8, 4) is 0 Å². The molecule has 1 aromatic heterocycles. The topological polar surface area (TPSA) is 76.1 Å². The second kappa shape index (κ2) is 8.98. The van der Waals surface area contributed by atoms with Crippen molar-refractivity contribution in [2.75, 3.05) is 25.6 Å². The predicted octanol–water partition coefficient (Wildman–Crippen LogP) is 2.86. The molecule has 1 amide bonds. The van der Waals surface area contributed by atoms with Gasteiger partial charge in [-0.05, 0) is 37.5 Å². The van der Waals surface area contributed by atoms with Crippen molar-refractivity contribution in [1.82, 2.24) is 15.3 Å². The molecule has 1 aromatic carbocycles. The summed E-state index contributed by atoms with van der Waals surface area (Å²) >= 11 is 0. The first-order valence-corrected chi connectivity index (χ1v) is 8.11. The van der Waals surface area contributed by atoms with Gasteiger partial charge in [-0.15, -0.1) is 0 Å². The molecule has 0 spiro atoms. The second-order valence-corrected chi connectivity index (χ2v) is 5.46. The number of nitrogens with zero attached hydrogens (tertiary/aromatic N) is 2. The molecule has 128 valence electrons. The van der Waals surface area contributed by atoms with Crippen molar-refractivity contribution >= 4 is 17.4 Å². The van der Waals surface area contributed by atoms with Gasteiger partial charge in [0, 0.05) is 32.0 Å². The molecular weight excluding hydrogens is 304 g/mol. The highest BCUT2D eigenvalue weighted by molar-refractivity contribution is 5.93. The summed E-state index contributed by atoms with van der Waals surface area (Å²) in [5.74, 6) is 0.946. The van der Waals surface area contributed by atoms with Gasteiger partial charge in [0.1, 0.15) is 17.3 Å². The summed E-state index contributed by atoms with van der Waals surface area (Å²) in [6.45, 7) is 5.06. The molecule has 6 heteroatoms. The monoisotopic (exact) mass is 328 g/mol. The maximum Gasteiger partial charge on any atom is 0.270 e. The number of hydrogen-bond donors (Lipinski definition) is 2. The van der Waals surface area contributed by atoms with Crippen LogP contribution in [0.15, 0.2) is 30.3 Å². The van der Waals surface area contributed by atoms with Crippen LogP contribution in [0.3, 0.4) is 0 Å². The summed E-state index contributed by atoms with van der Waals surface area (Å²) in [7, 11) is 1.64. The Labute approximate surface area is 142 Å². The van der Waals surface area contributed by atoms with Gasteiger partial charge >= 0.3 is 0 Å². The van der Waals surface area contributed by atoms with E-state index in [1.54, 1.807) is 20.1 Å². The van der Waals surface area contributed by atoms with E-state index in [0.29, 0.717) is 30.5 Å². The highest BCUT2D eigenvalue weighted by Crippen LogP contribution is 2.16. The van der Waals surface area contributed by atoms with Gasteiger partial charge in [0.2, 0.25) is 0 Å². The van der Waals surface area contributed by atoms with Gasteiger partial charge in [0.05, 0.1) is 0 Å². The Hall–Kier alpha value is -2.47. The highest BCUT2D eigenvalue weighted by atomic mass is 16.5. The third-order valence-electron chi connectivity index (χ3n) is 3.52. The molecule has 0 bridgehead atoms. The maximum atomic E-state index is 12.2. The molecule has 0 unspecified atom stereocenters. The van der Waals surface area contributed by atoms with Crippen LogP contribution in [-0.4, -0.2) is 36.1 Å². The lowest BCUT2D eigenvalue weighted by Crippen LogP contribution is -2.26. The zero-order valence-electron chi connectivity index (χ0n) is 14.4. The highest BCUT2D eigenvalue weighted by Gasteiger charge is 2.10. The number of rotatable bonds is 8. The molecular formula is C18H24N4O2. The van der Waals surface area contributed by atoms with Crippen LogP contribution in [0, 0.1) is 6.92 Å². The molecule has 2 N–H and O–H groups in total. The number of benzene rings is 1. The molecule has 0 atom stereocenters. The second-order valence-electron chi connectivity index (χ2n) is 5.46. The number of carbonyl (C=O) groups is 1. The summed E-state index contributed by atoms with van der Waals surface area (Å²) in [5, 5.41) is 6.05.